The van der Waals surface area contributed by atoms with Crippen molar-refractivity contribution in [3.05, 3.63) is 0 Å². The van der Waals surface area contributed by atoms with Gasteiger partial charge >= 0.3 is 0 Å². The molecule has 44 valence electrons. The maximum atomic E-state index is 10.4. The molecule has 0 atom stereocenters. The number of hydrogen-bond donors (Lipinski definition) is 0. The Labute approximate surface area is 49.3 Å². The summed E-state index contributed by atoms with van der Waals surface area (Å²) >= 11 is 0. The molecule has 0 aliphatic carbocycles. The van der Waals surface area contributed by atoms with Crippen molar-refractivity contribution in [2.45, 2.75) is 20.7 Å². The first-order chi connectivity index (χ1) is 3.55. The van der Waals surface area contributed by atoms with Crippen LogP contribution in [-0.2, 0) is 9.59 Å². The normalized spacial score (nSPS) is 8.38. The van der Waals surface area contributed by atoms with Crippen molar-refractivity contribution in [3.63, 3.8) is 0 Å². The van der Waals surface area contributed by atoms with Crippen molar-refractivity contribution >= 4 is 18.1 Å². The van der Waals surface area contributed by atoms with Crippen molar-refractivity contribution in [2.75, 3.05) is 0 Å². The minimum Gasteiger partial charge on any atom is -0.311 e. The SMILES string of the molecule is CB(C(C)=O)C(C)=O. The monoisotopic (exact) mass is 112 g/mol. The number of carbonyl (C=O) groups is 2. The smallest absolute Gasteiger partial charge is 0.298 e. The lowest BCUT2D eigenvalue weighted by Gasteiger charge is -1.92. The predicted octanol–water partition coefficient (Wildman–Crippen LogP) is 0.367. The fraction of sp³-hybridized carbons (Fsp3) is 0.600. The molecule has 8 heavy (non-hydrogen) atoms. The molecule has 0 heterocycles. The van der Waals surface area contributed by atoms with Gasteiger partial charge in [0.1, 0.15) is 0 Å². The fourth-order valence-corrected chi connectivity index (χ4v) is 0.286. The van der Waals surface area contributed by atoms with E-state index in [0.29, 0.717) is 0 Å². The molecule has 0 N–H and O–H groups in total. The average Bonchev–Trinajstić information content (AvgIpc) is 1.64. The van der Waals surface area contributed by atoms with Crippen molar-refractivity contribution < 1.29 is 9.59 Å². The summed E-state index contributed by atoms with van der Waals surface area (Å²) in [5.74, 6) is 0. The van der Waals surface area contributed by atoms with E-state index in [1.165, 1.54) is 13.8 Å². The zero-order chi connectivity index (χ0) is 6.73. The molecule has 0 bridgehead atoms. The summed E-state index contributed by atoms with van der Waals surface area (Å²) in [6.45, 7) is 4.05. The van der Waals surface area contributed by atoms with Crippen LogP contribution < -0.4 is 0 Å². The number of rotatable bonds is 2. The van der Waals surface area contributed by atoms with E-state index in [9.17, 15) is 9.59 Å². The van der Waals surface area contributed by atoms with Crippen LogP contribution in [0.3, 0.4) is 0 Å². The molecule has 0 saturated carbocycles. The summed E-state index contributed by atoms with van der Waals surface area (Å²) in [5, 5.41) is 0. The lowest BCUT2D eigenvalue weighted by Crippen LogP contribution is -2.27. The third-order valence-electron chi connectivity index (χ3n) is 1.22. The van der Waals surface area contributed by atoms with Gasteiger partial charge in [0.2, 0.25) is 0 Å². The van der Waals surface area contributed by atoms with Gasteiger partial charge < -0.3 is 9.59 Å². The molecule has 0 amide bonds. The highest BCUT2D eigenvalue weighted by molar-refractivity contribution is 7.09. The molecule has 0 radical (unpaired) electrons. The van der Waals surface area contributed by atoms with Crippen molar-refractivity contribution in [2.24, 2.45) is 0 Å². The van der Waals surface area contributed by atoms with Gasteiger partial charge in [-0.25, -0.2) is 0 Å². The molecule has 2 nitrogen and oxygen atoms in total. The van der Waals surface area contributed by atoms with Crippen LogP contribution in [0.25, 0.3) is 0 Å². The van der Waals surface area contributed by atoms with Crippen LogP contribution in [0.2, 0.25) is 6.82 Å². The Kier molecular flexibility index (Phi) is 2.45. The lowest BCUT2D eigenvalue weighted by molar-refractivity contribution is -0.113. The highest BCUT2D eigenvalue weighted by atomic mass is 16.1. The van der Waals surface area contributed by atoms with E-state index in [2.05, 4.69) is 0 Å². The minimum absolute atomic E-state index is 0.0579. The second kappa shape index (κ2) is 2.65. The van der Waals surface area contributed by atoms with Crippen LogP contribution in [0.1, 0.15) is 13.8 Å². The van der Waals surface area contributed by atoms with Crippen LogP contribution in [0.5, 0.6) is 0 Å². The van der Waals surface area contributed by atoms with Gasteiger partial charge in [0.05, 0.1) is 11.4 Å². The summed E-state index contributed by atoms with van der Waals surface area (Å²) in [4.78, 5) is 20.7. The van der Waals surface area contributed by atoms with Gasteiger partial charge in [-0.2, -0.15) is 0 Å². The molecule has 0 aromatic heterocycles. The summed E-state index contributed by atoms with van der Waals surface area (Å²) in [6.07, 6.45) is 0. The molecular weight excluding hydrogens is 103 g/mol. The molecule has 0 aliphatic rings. The van der Waals surface area contributed by atoms with E-state index in [1.54, 1.807) is 6.82 Å². The van der Waals surface area contributed by atoms with Gasteiger partial charge in [-0.15, -0.1) is 0 Å². The zero-order valence-corrected chi connectivity index (χ0v) is 5.39. The second-order valence-electron chi connectivity index (χ2n) is 1.94. The Morgan fingerprint density at radius 1 is 1.12 bits per heavy atom. The molecule has 0 rings (SSSR count). The topological polar surface area (TPSA) is 34.1 Å². The quantitative estimate of drug-likeness (QED) is 0.483. The van der Waals surface area contributed by atoms with Crippen molar-refractivity contribution in [3.8, 4) is 0 Å². The Bertz CT molecular complexity index is 106. The van der Waals surface area contributed by atoms with Crippen molar-refractivity contribution in [1.82, 2.24) is 0 Å². The molecule has 0 saturated heterocycles. The summed E-state index contributed by atoms with van der Waals surface area (Å²) in [5.41, 5.74) is -0.116. The molecule has 0 aromatic carbocycles. The number of hydrogen-bond acceptors (Lipinski definition) is 2. The minimum atomic E-state index is -0.407. The lowest BCUT2D eigenvalue weighted by atomic mass is 9.46. The van der Waals surface area contributed by atoms with Gasteiger partial charge in [-0.05, 0) is 13.8 Å². The third kappa shape index (κ3) is 1.91. The summed E-state index contributed by atoms with van der Waals surface area (Å²) in [6, 6.07) is 0. The summed E-state index contributed by atoms with van der Waals surface area (Å²) < 4.78 is 0. The zero-order valence-electron chi connectivity index (χ0n) is 5.39. The van der Waals surface area contributed by atoms with Gasteiger partial charge in [0, 0.05) is 0 Å². The Morgan fingerprint density at radius 3 is 1.38 bits per heavy atom. The van der Waals surface area contributed by atoms with E-state index in [0.717, 1.165) is 0 Å². The molecule has 0 aliphatic heterocycles. The Balaban J connectivity index is 3.83. The van der Waals surface area contributed by atoms with Crippen LogP contribution in [0.15, 0.2) is 0 Å². The first-order valence-corrected chi connectivity index (χ1v) is 2.56. The predicted molar refractivity (Wildman–Crippen MR) is 33.0 cm³/mol. The molecule has 0 aromatic rings. The first kappa shape index (κ1) is 7.40. The molecule has 3 heteroatoms. The average molecular weight is 112 g/mol. The van der Waals surface area contributed by atoms with E-state index >= 15 is 0 Å². The largest absolute Gasteiger partial charge is 0.311 e. The molecule has 0 unspecified atom stereocenters. The second-order valence-corrected chi connectivity index (χ2v) is 1.94. The first-order valence-electron chi connectivity index (χ1n) is 2.56. The number of carbonyl (C=O) groups excluding carboxylic acids is 2. The Morgan fingerprint density at radius 2 is 1.38 bits per heavy atom. The molecular formula is C5H9BO2. The standard InChI is InChI=1S/C5H9BO2/c1-4(7)6(3)5(2)8/h1-3H3. The Hall–Kier alpha value is -0.595. The van der Waals surface area contributed by atoms with Crippen LogP contribution in [0.4, 0.5) is 0 Å². The van der Waals surface area contributed by atoms with E-state index in [4.69, 9.17) is 0 Å². The molecule has 0 spiro atoms. The summed E-state index contributed by atoms with van der Waals surface area (Å²) in [7, 11) is 0. The van der Waals surface area contributed by atoms with E-state index in [1.807, 2.05) is 0 Å². The fourth-order valence-electron chi connectivity index (χ4n) is 0.286. The van der Waals surface area contributed by atoms with Gasteiger partial charge in [0.15, 0.2) is 0 Å². The van der Waals surface area contributed by atoms with Gasteiger partial charge in [-0.3, -0.25) is 0 Å². The van der Waals surface area contributed by atoms with Crippen LogP contribution in [0, 0.1) is 0 Å². The van der Waals surface area contributed by atoms with Crippen LogP contribution >= 0.6 is 0 Å². The van der Waals surface area contributed by atoms with Gasteiger partial charge in [-0.1, -0.05) is 6.82 Å². The van der Waals surface area contributed by atoms with E-state index in [-0.39, 0.29) is 11.4 Å². The van der Waals surface area contributed by atoms with E-state index < -0.39 is 6.71 Å². The third-order valence-corrected chi connectivity index (χ3v) is 1.22. The maximum Gasteiger partial charge on any atom is 0.298 e. The van der Waals surface area contributed by atoms with Crippen LogP contribution in [-0.4, -0.2) is 18.1 Å². The highest BCUT2D eigenvalue weighted by Crippen LogP contribution is 1.83. The van der Waals surface area contributed by atoms with Crippen molar-refractivity contribution in [1.29, 1.82) is 0 Å². The van der Waals surface area contributed by atoms with Gasteiger partial charge in [0.25, 0.3) is 6.71 Å². The maximum absolute atomic E-state index is 10.4. The highest BCUT2D eigenvalue weighted by Gasteiger charge is 2.17. The molecule has 0 fully saturated rings.